The molecule has 5 heteroatoms. The van der Waals surface area contributed by atoms with Gasteiger partial charge in [0.1, 0.15) is 11.8 Å². The molecule has 1 aromatic carbocycles. The quantitative estimate of drug-likeness (QED) is 0.791. The van der Waals surface area contributed by atoms with Crippen LogP contribution in [0.25, 0.3) is 0 Å². The first-order valence-electron chi connectivity index (χ1n) is 4.40. The number of nitriles is 1. The van der Waals surface area contributed by atoms with Crippen molar-refractivity contribution in [1.82, 2.24) is 0 Å². The number of hydrogen-bond donors (Lipinski definition) is 1. The molecule has 0 saturated carbocycles. The second-order valence-electron chi connectivity index (χ2n) is 2.84. The Kier molecular flexibility index (Phi) is 4.28. The van der Waals surface area contributed by atoms with Crippen molar-refractivity contribution in [3.05, 3.63) is 29.3 Å². The fourth-order valence-electron chi connectivity index (χ4n) is 1.17. The van der Waals surface area contributed by atoms with Gasteiger partial charge in [0.25, 0.3) is 0 Å². The second kappa shape index (κ2) is 5.49. The normalized spacial score (nSPS) is 11.8. The Balaban J connectivity index is 3.00. The predicted molar refractivity (Wildman–Crippen MR) is 56.8 cm³/mol. The summed E-state index contributed by atoms with van der Waals surface area (Å²) in [5.74, 6) is 0.508. The number of rotatable bonds is 4. The molecule has 1 aromatic rings. The highest BCUT2D eigenvalue weighted by Crippen LogP contribution is 2.20. The van der Waals surface area contributed by atoms with E-state index >= 15 is 0 Å². The average Bonchev–Trinajstić information content (AvgIpc) is 2.18. The number of ether oxygens (including phenoxy) is 1. The molecule has 0 aromatic heterocycles. The predicted octanol–water partition coefficient (Wildman–Crippen LogP) is 1.68. The van der Waals surface area contributed by atoms with Crippen LogP contribution in [0.1, 0.15) is 18.1 Å². The number of nitrogens with zero attached hydrogens (tertiary/aromatic N) is 1. The van der Waals surface area contributed by atoms with E-state index in [0.29, 0.717) is 23.5 Å². The highest BCUT2D eigenvalue weighted by atomic mass is 32.2. The first kappa shape index (κ1) is 11.7. The summed E-state index contributed by atoms with van der Waals surface area (Å²) in [5.41, 5.74) is 1.11. The Bertz CT molecular complexity index is 412. The first-order valence-corrected chi connectivity index (χ1v) is 5.68. The van der Waals surface area contributed by atoms with Crippen molar-refractivity contribution < 1.29 is 13.5 Å². The smallest absolute Gasteiger partial charge is 0.157 e. The van der Waals surface area contributed by atoms with Gasteiger partial charge in [0, 0.05) is 0 Å². The van der Waals surface area contributed by atoms with Gasteiger partial charge in [-0.05, 0) is 24.6 Å². The Morgan fingerprint density at radius 3 is 2.87 bits per heavy atom. The highest BCUT2D eigenvalue weighted by molar-refractivity contribution is 7.78. The zero-order valence-electron chi connectivity index (χ0n) is 8.27. The molecule has 0 saturated heterocycles. The van der Waals surface area contributed by atoms with Gasteiger partial charge in [0.15, 0.2) is 11.1 Å². The van der Waals surface area contributed by atoms with E-state index in [1.165, 1.54) is 0 Å². The molecular formula is C10H11NO3S. The minimum absolute atomic E-state index is 0.0474. The van der Waals surface area contributed by atoms with Crippen LogP contribution in [0.4, 0.5) is 0 Å². The van der Waals surface area contributed by atoms with Gasteiger partial charge in [-0.25, -0.2) is 4.21 Å². The highest BCUT2D eigenvalue weighted by Gasteiger charge is 2.05. The third kappa shape index (κ3) is 3.35. The zero-order valence-corrected chi connectivity index (χ0v) is 9.08. The summed E-state index contributed by atoms with van der Waals surface area (Å²) < 4.78 is 24.6. The standard InChI is InChI=1S/C10H11NO3S/c1-2-14-10-5-8(7-15(12)13)3-4-9(10)6-11/h3-5H,2,7H2,1H3,(H,12,13). The number of benzene rings is 1. The van der Waals surface area contributed by atoms with Gasteiger partial charge >= 0.3 is 0 Å². The molecule has 15 heavy (non-hydrogen) atoms. The van der Waals surface area contributed by atoms with Crippen molar-refractivity contribution in [1.29, 1.82) is 5.26 Å². The van der Waals surface area contributed by atoms with E-state index < -0.39 is 11.1 Å². The van der Waals surface area contributed by atoms with Crippen LogP contribution in [0.3, 0.4) is 0 Å². The van der Waals surface area contributed by atoms with E-state index in [9.17, 15) is 4.21 Å². The Morgan fingerprint density at radius 2 is 2.33 bits per heavy atom. The molecule has 0 aliphatic carbocycles. The van der Waals surface area contributed by atoms with E-state index in [2.05, 4.69) is 0 Å². The van der Waals surface area contributed by atoms with Gasteiger partial charge in [-0.15, -0.1) is 0 Å². The van der Waals surface area contributed by atoms with Crippen LogP contribution in [0.2, 0.25) is 0 Å². The molecule has 1 N–H and O–H groups in total. The van der Waals surface area contributed by atoms with E-state index in [1.807, 2.05) is 13.0 Å². The van der Waals surface area contributed by atoms with Crippen LogP contribution in [-0.4, -0.2) is 15.4 Å². The summed E-state index contributed by atoms with van der Waals surface area (Å²) >= 11 is -1.88. The monoisotopic (exact) mass is 225 g/mol. The van der Waals surface area contributed by atoms with E-state index in [-0.39, 0.29) is 5.75 Å². The molecule has 0 spiro atoms. The lowest BCUT2D eigenvalue weighted by atomic mass is 10.1. The van der Waals surface area contributed by atoms with E-state index in [1.54, 1.807) is 18.2 Å². The minimum atomic E-state index is -1.88. The van der Waals surface area contributed by atoms with E-state index in [0.717, 1.165) is 0 Å². The largest absolute Gasteiger partial charge is 0.492 e. The summed E-state index contributed by atoms with van der Waals surface area (Å²) in [5, 5.41) is 8.78. The van der Waals surface area contributed by atoms with Crippen LogP contribution in [0, 0.1) is 11.3 Å². The number of hydrogen-bond acceptors (Lipinski definition) is 3. The van der Waals surface area contributed by atoms with Gasteiger partial charge < -0.3 is 9.29 Å². The molecule has 0 amide bonds. The molecule has 0 fully saturated rings. The van der Waals surface area contributed by atoms with Crippen molar-refractivity contribution in [3.63, 3.8) is 0 Å². The lowest BCUT2D eigenvalue weighted by Crippen LogP contribution is -1.98. The van der Waals surface area contributed by atoms with Crippen LogP contribution >= 0.6 is 0 Å². The van der Waals surface area contributed by atoms with Crippen LogP contribution in [0.15, 0.2) is 18.2 Å². The third-order valence-electron chi connectivity index (χ3n) is 1.76. The summed E-state index contributed by atoms with van der Waals surface area (Å²) in [7, 11) is 0. The fourth-order valence-corrected chi connectivity index (χ4v) is 1.63. The molecule has 0 bridgehead atoms. The molecule has 4 nitrogen and oxygen atoms in total. The van der Waals surface area contributed by atoms with Gasteiger partial charge in [-0.2, -0.15) is 5.26 Å². The van der Waals surface area contributed by atoms with Gasteiger partial charge in [-0.3, -0.25) is 0 Å². The van der Waals surface area contributed by atoms with Crippen LogP contribution in [-0.2, 0) is 16.8 Å². The maximum atomic E-state index is 10.6. The van der Waals surface area contributed by atoms with E-state index in [4.69, 9.17) is 14.6 Å². The molecule has 1 atom stereocenters. The zero-order chi connectivity index (χ0) is 11.3. The maximum Gasteiger partial charge on any atom is 0.157 e. The molecule has 1 rings (SSSR count). The Labute approximate surface area is 90.8 Å². The lowest BCUT2D eigenvalue weighted by molar-refractivity contribution is 0.339. The molecule has 0 aliphatic rings. The van der Waals surface area contributed by atoms with Crippen molar-refractivity contribution in [2.45, 2.75) is 12.7 Å². The van der Waals surface area contributed by atoms with Gasteiger partial charge in [-0.1, -0.05) is 6.07 Å². The van der Waals surface area contributed by atoms with Gasteiger partial charge in [0.05, 0.1) is 17.9 Å². The average molecular weight is 225 g/mol. The third-order valence-corrected chi connectivity index (χ3v) is 2.34. The Morgan fingerprint density at radius 1 is 1.60 bits per heavy atom. The fraction of sp³-hybridized carbons (Fsp3) is 0.300. The topological polar surface area (TPSA) is 70.3 Å². The molecule has 0 radical (unpaired) electrons. The van der Waals surface area contributed by atoms with Crippen LogP contribution in [0.5, 0.6) is 5.75 Å². The van der Waals surface area contributed by atoms with Crippen molar-refractivity contribution in [2.24, 2.45) is 0 Å². The lowest BCUT2D eigenvalue weighted by Gasteiger charge is -2.06. The maximum absolute atomic E-state index is 10.6. The molecule has 0 heterocycles. The minimum Gasteiger partial charge on any atom is -0.492 e. The molecule has 0 aliphatic heterocycles. The summed E-state index contributed by atoms with van der Waals surface area (Å²) in [4.78, 5) is 0. The van der Waals surface area contributed by atoms with Gasteiger partial charge in [0.2, 0.25) is 0 Å². The summed E-state index contributed by atoms with van der Waals surface area (Å²) in [6.45, 7) is 2.28. The SMILES string of the molecule is CCOc1cc(CS(=O)O)ccc1C#N. The molecular weight excluding hydrogens is 214 g/mol. The summed E-state index contributed by atoms with van der Waals surface area (Å²) in [6, 6.07) is 6.86. The summed E-state index contributed by atoms with van der Waals surface area (Å²) in [6.07, 6.45) is 0. The molecule has 80 valence electrons. The van der Waals surface area contributed by atoms with Crippen molar-refractivity contribution in [3.8, 4) is 11.8 Å². The Hall–Kier alpha value is -1.38. The van der Waals surface area contributed by atoms with Crippen molar-refractivity contribution >= 4 is 11.1 Å². The second-order valence-corrected chi connectivity index (χ2v) is 3.77. The van der Waals surface area contributed by atoms with Crippen molar-refractivity contribution in [2.75, 3.05) is 6.61 Å². The van der Waals surface area contributed by atoms with Crippen LogP contribution < -0.4 is 4.74 Å². The molecule has 1 unspecified atom stereocenters. The first-order chi connectivity index (χ1) is 7.17.